The second kappa shape index (κ2) is 9.40. The van der Waals surface area contributed by atoms with Crippen LogP contribution in [0.5, 0.6) is 0 Å². The number of carbonyl (C=O) groups is 1. The zero-order valence-corrected chi connectivity index (χ0v) is 18.6. The first kappa shape index (κ1) is 21.8. The van der Waals surface area contributed by atoms with E-state index in [2.05, 4.69) is 22.9 Å². The number of rotatable bonds is 5. The Kier molecular flexibility index (Phi) is 6.41. The highest BCUT2D eigenvalue weighted by molar-refractivity contribution is 6.04. The van der Waals surface area contributed by atoms with Gasteiger partial charge in [0.2, 0.25) is 0 Å². The van der Waals surface area contributed by atoms with Crippen molar-refractivity contribution >= 4 is 22.9 Å². The van der Waals surface area contributed by atoms with E-state index in [1.807, 2.05) is 37.3 Å². The highest BCUT2D eigenvalue weighted by Gasteiger charge is 2.24. The van der Waals surface area contributed by atoms with E-state index in [-0.39, 0.29) is 23.3 Å². The molecule has 2 atom stereocenters. The fourth-order valence-corrected chi connectivity index (χ4v) is 4.73. The lowest BCUT2D eigenvalue weighted by molar-refractivity contribution is -0.118. The van der Waals surface area contributed by atoms with Crippen LogP contribution >= 0.6 is 0 Å². The Hall–Kier alpha value is -3.39. The largest absolute Gasteiger partial charge is 0.348 e. The van der Waals surface area contributed by atoms with Gasteiger partial charge in [-0.3, -0.25) is 4.79 Å². The number of carbonyl (C=O) groups excluding carboxylic acids is 1. The second-order valence-electron chi connectivity index (χ2n) is 8.74. The minimum Gasteiger partial charge on any atom is -0.348 e. The molecule has 1 aliphatic rings. The maximum Gasteiger partial charge on any atom is 0.262 e. The Morgan fingerprint density at radius 3 is 2.75 bits per heavy atom. The van der Waals surface area contributed by atoms with Gasteiger partial charge in [-0.1, -0.05) is 50.1 Å². The number of nitriles is 1. The predicted octanol–water partition coefficient (Wildman–Crippen LogP) is 5.74. The number of halogens is 1. The molecule has 1 aromatic heterocycles. The van der Waals surface area contributed by atoms with E-state index in [0.29, 0.717) is 12.5 Å². The molecule has 1 heterocycles. The van der Waals surface area contributed by atoms with E-state index in [1.165, 1.54) is 18.6 Å². The van der Waals surface area contributed by atoms with Gasteiger partial charge in [0.15, 0.2) is 0 Å². The first-order valence-corrected chi connectivity index (χ1v) is 11.2. The molecule has 4 rings (SSSR count). The van der Waals surface area contributed by atoms with Gasteiger partial charge in [0.05, 0.1) is 0 Å². The number of nitrogens with zero attached hydrogens (tertiary/aromatic N) is 2. The van der Waals surface area contributed by atoms with E-state index < -0.39 is 0 Å². The molecule has 1 amide bonds. The van der Waals surface area contributed by atoms with Gasteiger partial charge in [0.1, 0.15) is 17.5 Å². The Morgan fingerprint density at radius 1 is 1.22 bits per heavy atom. The summed E-state index contributed by atoms with van der Waals surface area (Å²) < 4.78 is 15.8. The first-order chi connectivity index (χ1) is 15.5. The third-order valence-corrected chi connectivity index (χ3v) is 6.59. The van der Waals surface area contributed by atoms with Gasteiger partial charge in [-0.2, -0.15) is 5.26 Å². The van der Waals surface area contributed by atoms with Crippen molar-refractivity contribution in [1.29, 1.82) is 5.26 Å². The molecule has 0 saturated heterocycles. The van der Waals surface area contributed by atoms with Gasteiger partial charge in [-0.25, -0.2) is 4.39 Å². The van der Waals surface area contributed by atoms with Crippen molar-refractivity contribution in [3.63, 3.8) is 0 Å². The summed E-state index contributed by atoms with van der Waals surface area (Å²) in [7, 11) is 0. The summed E-state index contributed by atoms with van der Waals surface area (Å²) in [6.07, 6.45) is 6.05. The summed E-state index contributed by atoms with van der Waals surface area (Å²) in [6.45, 7) is 4.64. The molecule has 32 heavy (non-hydrogen) atoms. The highest BCUT2D eigenvalue weighted by Crippen LogP contribution is 2.29. The Morgan fingerprint density at radius 2 is 2.00 bits per heavy atom. The van der Waals surface area contributed by atoms with Gasteiger partial charge < -0.3 is 9.88 Å². The molecule has 5 heteroatoms. The van der Waals surface area contributed by atoms with Crippen LogP contribution in [0.3, 0.4) is 0 Å². The predicted molar refractivity (Wildman–Crippen MR) is 125 cm³/mol. The standard InChI is InChI=1S/C27H28FN3O/c1-18-8-3-5-12-25(18)30-27(32)21(16-29)15-24-19(2)31(26-13-6-4-11-23(24)26)17-20-9-7-10-22(28)14-20/h4,6-7,9-11,13-15,18,25H,3,5,8,12,17H2,1-2H3,(H,30,32)/b21-15+/t18-,25-/m0/s1. The quantitative estimate of drug-likeness (QED) is 0.415. The van der Waals surface area contributed by atoms with Crippen molar-refractivity contribution in [1.82, 2.24) is 9.88 Å². The molecule has 1 saturated carbocycles. The van der Waals surface area contributed by atoms with Crippen LogP contribution in [0.4, 0.5) is 4.39 Å². The molecule has 164 valence electrons. The zero-order chi connectivity index (χ0) is 22.7. The number of aromatic nitrogens is 1. The molecule has 1 fully saturated rings. The molecular weight excluding hydrogens is 401 g/mol. The molecule has 0 aliphatic heterocycles. The van der Waals surface area contributed by atoms with Crippen molar-refractivity contribution in [3.05, 3.63) is 76.7 Å². The van der Waals surface area contributed by atoms with Crippen LogP contribution in [0.1, 0.15) is 49.4 Å². The summed E-state index contributed by atoms with van der Waals surface area (Å²) >= 11 is 0. The minimum atomic E-state index is -0.312. The number of hydrogen-bond acceptors (Lipinski definition) is 2. The molecule has 3 aromatic rings. The monoisotopic (exact) mass is 429 g/mol. The second-order valence-corrected chi connectivity index (χ2v) is 8.74. The smallest absolute Gasteiger partial charge is 0.262 e. The van der Waals surface area contributed by atoms with Crippen LogP contribution in [0, 0.1) is 30.0 Å². The maximum absolute atomic E-state index is 13.7. The molecular formula is C27H28FN3O. The number of hydrogen-bond donors (Lipinski definition) is 1. The topological polar surface area (TPSA) is 57.8 Å². The molecule has 1 N–H and O–H groups in total. The Bertz CT molecular complexity index is 1220. The molecule has 2 aromatic carbocycles. The average molecular weight is 430 g/mol. The third-order valence-electron chi connectivity index (χ3n) is 6.59. The molecule has 4 nitrogen and oxygen atoms in total. The number of benzene rings is 2. The lowest BCUT2D eigenvalue weighted by atomic mass is 9.86. The maximum atomic E-state index is 13.7. The summed E-state index contributed by atoms with van der Waals surface area (Å²) in [5, 5.41) is 13.8. The molecule has 0 spiro atoms. The van der Waals surface area contributed by atoms with Crippen molar-refractivity contribution in [2.24, 2.45) is 5.92 Å². The van der Waals surface area contributed by atoms with E-state index in [4.69, 9.17) is 0 Å². The van der Waals surface area contributed by atoms with Gasteiger partial charge in [0.25, 0.3) is 5.91 Å². The van der Waals surface area contributed by atoms with E-state index >= 15 is 0 Å². The zero-order valence-electron chi connectivity index (χ0n) is 18.6. The van der Waals surface area contributed by atoms with Crippen LogP contribution in [-0.4, -0.2) is 16.5 Å². The summed E-state index contributed by atoms with van der Waals surface area (Å²) in [5.74, 6) is -0.160. The van der Waals surface area contributed by atoms with E-state index in [1.54, 1.807) is 12.1 Å². The van der Waals surface area contributed by atoms with Crippen LogP contribution in [0.15, 0.2) is 54.1 Å². The Labute approximate surface area is 188 Å². The first-order valence-electron chi connectivity index (χ1n) is 11.2. The summed E-state index contributed by atoms with van der Waals surface area (Å²) in [5.41, 5.74) is 3.73. The van der Waals surface area contributed by atoms with Crippen molar-refractivity contribution < 1.29 is 9.18 Å². The lowest BCUT2D eigenvalue weighted by Crippen LogP contribution is -2.41. The van der Waals surface area contributed by atoms with E-state index in [9.17, 15) is 14.4 Å². The van der Waals surface area contributed by atoms with Crippen LogP contribution in [0.25, 0.3) is 17.0 Å². The normalized spacial score (nSPS) is 19.0. The van der Waals surface area contributed by atoms with Gasteiger partial charge in [-0.15, -0.1) is 0 Å². The summed E-state index contributed by atoms with van der Waals surface area (Å²) in [4.78, 5) is 12.9. The molecule has 0 radical (unpaired) electrons. The minimum absolute atomic E-state index is 0.111. The number of fused-ring (bicyclic) bond motifs is 1. The van der Waals surface area contributed by atoms with Gasteiger partial charge in [0, 0.05) is 34.7 Å². The van der Waals surface area contributed by atoms with Gasteiger partial charge >= 0.3 is 0 Å². The number of nitrogens with one attached hydrogen (secondary N) is 1. The number of amides is 1. The fourth-order valence-electron chi connectivity index (χ4n) is 4.73. The SMILES string of the molecule is Cc1c(/C=C(\C#N)C(=O)N[C@H]2CCCC[C@@H]2C)c2ccccc2n1Cc1cccc(F)c1. The van der Waals surface area contributed by atoms with Gasteiger partial charge in [-0.05, 0) is 55.5 Å². The molecule has 0 bridgehead atoms. The highest BCUT2D eigenvalue weighted by atomic mass is 19.1. The van der Waals surface area contributed by atoms with Crippen LogP contribution in [-0.2, 0) is 11.3 Å². The van der Waals surface area contributed by atoms with Crippen molar-refractivity contribution in [2.75, 3.05) is 0 Å². The van der Waals surface area contributed by atoms with Crippen molar-refractivity contribution in [3.8, 4) is 6.07 Å². The molecule has 0 unspecified atom stereocenters. The fraction of sp³-hybridized carbons (Fsp3) is 0.333. The van der Waals surface area contributed by atoms with Crippen molar-refractivity contribution in [2.45, 2.75) is 52.1 Å². The average Bonchev–Trinajstić information content (AvgIpc) is 3.04. The number of para-hydroxylation sites is 1. The summed E-state index contributed by atoms with van der Waals surface area (Å²) in [6, 6.07) is 16.7. The molecule has 1 aliphatic carbocycles. The van der Waals surface area contributed by atoms with Crippen LogP contribution < -0.4 is 5.32 Å². The third kappa shape index (κ3) is 4.45. The Balaban J connectivity index is 1.70. The van der Waals surface area contributed by atoms with Crippen LogP contribution in [0.2, 0.25) is 0 Å². The van der Waals surface area contributed by atoms with E-state index in [0.717, 1.165) is 47.0 Å². The lowest BCUT2D eigenvalue weighted by Gasteiger charge is -2.29.